The number of aliphatic hydroxyl groups is 1. The number of carbonyl (C=O) groups is 1. The van der Waals surface area contributed by atoms with Crippen LogP contribution in [0.5, 0.6) is 0 Å². The maximum atomic E-state index is 12.0. The molecular formula is C22H29NO2. The molecule has 25 heavy (non-hydrogen) atoms. The monoisotopic (exact) mass is 339 g/mol. The zero-order chi connectivity index (χ0) is 18.4. The molecule has 0 unspecified atom stereocenters. The molecule has 0 aliphatic carbocycles. The molecule has 0 aliphatic heterocycles. The van der Waals surface area contributed by atoms with Crippen molar-refractivity contribution in [1.82, 2.24) is 4.90 Å². The van der Waals surface area contributed by atoms with E-state index in [9.17, 15) is 9.90 Å². The van der Waals surface area contributed by atoms with E-state index in [-0.39, 0.29) is 12.4 Å². The van der Waals surface area contributed by atoms with E-state index in [1.165, 1.54) is 16.7 Å². The van der Waals surface area contributed by atoms with Gasteiger partial charge in [-0.15, -0.1) is 0 Å². The number of aryl methyl sites for hydroxylation is 2. The van der Waals surface area contributed by atoms with Crippen LogP contribution < -0.4 is 0 Å². The van der Waals surface area contributed by atoms with Crippen molar-refractivity contribution in [3.05, 3.63) is 69.8 Å². The highest BCUT2D eigenvalue weighted by Gasteiger charge is 2.16. The number of benzene rings is 2. The Morgan fingerprint density at radius 1 is 1.04 bits per heavy atom. The van der Waals surface area contributed by atoms with Crippen molar-refractivity contribution in [2.45, 2.75) is 40.7 Å². The Morgan fingerprint density at radius 3 is 2.32 bits per heavy atom. The van der Waals surface area contributed by atoms with Gasteiger partial charge in [0.1, 0.15) is 0 Å². The highest BCUT2D eigenvalue weighted by molar-refractivity contribution is 5.97. The summed E-state index contributed by atoms with van der Waals surface area (Å²) in [6.07, 6.45) is 0.949. The molecule has 0 heterocycles. The van der Waals surface area contributed by atoms with Gasteiger partial charge in [-0.3, -0.25) is 9.69 Å². The van der Waals surface area contributed by atoms with Gasteiger partial charge in [-0.05, 0) is 61.9 Å². The molecule has 1 N–H and O–H groups in total. The zero-order valence-electron chi connectivity index (χ0n) is 15.8. The second kappa shape index (κ2) is 8.93. The molecule has 0 saturated heterocycles. The third kappa shape index (κ3) is 5.00. The minimum Gasteiger partial charge on any atom is -0.395 e. The summed E-state index contributed by atoms with van der Waals surface area (Å²) in [4.78, 5) is 14.3. The van der Waals surface area contributed by atoms with Gasteiger partial charge in [0, 0.05) is 25.2 Å². The van der Waals surface area contributed by atoms with E-state index in [4.69, 9.17) is 0 Å². The Kier molecular flexibility index (Phi) is 6.91. The molecule has 0 bridgehead atoms. The van der Waals surface area contributed by atoms with Gasteiger partial charge < -0.3 is 5.11 Å². The number of hydrogen-bond acceptors (Lipinski definition) is 3. The molecular weight excluding hydrogens is 310 g/mol. The molecule has 0 aromatic heterocycles. The molecule has 2 aromatic rings. The first kappa shape index (κ1) is 19.4. The summed E-state index contributed by atoms with van der Waals surface area (Å²) >= 11 is 0. The molecule has 0 aliphatic rings. The lowest BCUT2D eigenvalue weighted by Gasteiger charge is -2.25. The molecule has 0 saturated carbocycles. The smallest absolute Gasteiger partial charge is 0.160 e. The number of Topliss-reactive ketones (excluding diaryl/α,β-unsaturated/α-hetero) is 1. The molecule has 0 amide bonds. The lowest BCUT2D eigenvalue weighted by molar-refractivity contribution is 0.101. The van der Waals surface area contributed by atoms with Gasteiger partial charge in [-0.2, -0.15) is 0 Å². The van der Waals surface area contributed by atoms with E-state index in [0.29, 0.717) is 6.54 Å². The molecule has 0 fully saturated rings. The fraction of sp³-hybridized carbons (Fsp3) is 0.409. The lowest BCUT2D eigenvalue weighted by Crippen LogP contribution is -2.29. The second-order valence-corrected chi connectivity index (χ2v) is 6.78. The van der Waals surface area contributed by atoms with Crippen molar-refractivity contribution in [3.8, 4) is 0 Å². The molecule has 134 valence electrons. The zero-order valence-corrected chi connectivity index (χ0v) is 15.8. The minimum absolute atomic E-state index is 0.120. The van der Waals surface area contributed by atoms with Crippen LogP contribution in [0.25, 0.3) is 0 Å². The maximum Gasteiger partial charge on any atom is 0.160 e. The summed E-state index contributed by atoms with van der Waals surface area (Å²) in [7, 11) is 0. The Bertz CT molecular complexity index is 723. The van der Waals surface area contributed by atoms with Gasteiger partial charge in [0.25, 0.3) is 0 Å². The predicted octanol–water partition coefficient (Wildman–Crippen LogP) is 3.85. The Labute approximate surface area is 151 Å². The molecule has 0 spiro atoms. The van der Waals surface area contributed by atoms with Crippen LogP contribution in [0.15, 0.2) is 36.4 Å². The fourth-order valence-corrected chi connectivity index (χ4v) is 3.58. The summed E-state index contributed by atoms with van der Waals surface area (Å²) in [5.74, 6) is 0.120. The van der Waals surface area contributed by atoms with Gasteiger partial charge in [0.05, 0.1) is 6.61 Å². The third-order valence-electron chi connectivity index (χ3n) is 4.84. The first-order valence-corrected chi connectivity index (χ1v) is 8.91. The third-order valence-corrected chi connectivity index (χ3v) is 4.84. The minimum atomic E-state index is 0.120. The largest absolute Gasteiger partial charge is 0.395 e. The summed E-state index contributed by atoms with van der Waals surface area (Å²) < 4.78 is 0. The van der Waals surface area contributed by atoms with E-state index >= 15 is 0 Å². The van der Waals surface area contributed by atoms with Crippen LogP contribution in [0.4, 0.5) is 0 Å². The quantitative estimate of drug-likeness (QED) is 0.743. The van der Waals surface area contributed by atoms with Crippen molar-refractivity contribution in [2.75, 3.05) is 19.7 Å². The number of aliphatic hydroxyl groups excluding tert-OH is 1. The highest BCUT2D eigenvalue weighted by atomic mass is 16.3. The van der Waals surface area contributed by atoms with Gasteiger partial charge in [-0.25, -0.2) is 0 Å². The molecule has 2 rings (SSSR count). The van der Waals surface area contributed by atoms with Gasteiger partial charge in [0.2, 0.25) is 0 Å². The average molecular weight is 339 g/mol. The summed E-state index contributed by atoms with van der Waals surface area (Å²) in [5.41, 5.74) is 6.68. The summed E-state index contributed by atoms with van der Waals surface area (Å²) in [5, 5.41) is 9.44. The second-order valence-electron chi connectivity index (χ2n) is 6.78. The van der Waals surface area contributed by atoms with E-state index < -0.39 is 0 Å². The van der Waals surface area contributed by atoms with Crippen molar-refractivity contribution >= 4 is 5.78 Å². The molecule has 2 aromatic carbocycles. The van der Waals surface area contributed by atoms with Crippen LogP contribution in [-0.2, 0) is 13.0 Å². The summed E-state index contributed by atoms with van der Waals surface area (Å²) in [6.45, 7) is 10.2. The Hall–Kier alpha value is -1.97. The molecule has 0 atom stereocenters. The van der Waals surface area contributed by atoms with Crippen LogP contribution in [0, 0.1) is 20.8 Å². The van der Waals surface area contributed by atoms with Crippen molar-refractivity contribution in [3.63, 3.8) is 0 Å². The van der Waals surface area contributed by atoms with Crippen LogP contribution in [0.3, 0.4) is 0 Å². The van der Waals surface area contributed by atoms with Crippen molar-refractivity contribution < 1.29 is 9.90 Å². The number of hydrogen-bond donors (Lipinski definition) is 1. The van der Waals surface area contributed by atoms with E-state index in [1.807, 2.05) is 19.9 Å². The van der Waals surface area contributed by atoms with Gasteiger partial charge in [-0.1, -0.05) is 36.4 Å². The molecule has 3 nitrogen and oxygen atoms in total. The van der Waals surface area contributed by atoms with E-state index in [2.05, 4.69) is 42.2 Å². The maximum absolute atomic E-state index is 12.0. The summed E-state index contributed by atoms with van der Waals surface area (Å²) in [6, 6.07) is 12.5. The average Bonchev–Trinajstić information content (AvgIpc) is 2.56. The van der Waals surface area contributed by atoms with Gasteiger partial charge in [0.15, 0.2) is 5.78 Å². The van der Waals surface area contributed by atoms with Crippen LogP contribution in [0.1, 0.15) is 45.1 Å². The lowest BCUT2D eigenvalue weighted by atomic mass is 9.91. The highest BCUT2D eigenvalue weighted by Crippen LogP contribution is 2.24. The first-order chi connectivity index (χ1) is 11.9. The molecule has 3 heteroatoms. The predicted molar refractivity (Wildman–Crippen MR) is 103 cm³/mol. The Morgan fingerprint density at radius 2 is 1.72 bits per heavy atom. The van der Waals surface area contributed by atoms with Crippen LogP contribution in [0.2, 0.25) is 0 Å². The van der Waals surface area contributed by atoms with Gasteiger partial charge >= 0.3 is 0 Å². The van der Waals surface area contributed by atoms with E-state index in [0.717, 1.165) is 36.2 Å². The number of nitrogens with zero attached hydrogens (tertiary/aromatic N) is 1. The normalized spacial score (nSPS) is 11.1. The van der Waals surface area contributed by atoms with E-state index in [1.54, 1.807) is 6.92 Å². The number of ketones is 1. The molecule has 0 radical (unpaired) electrons. The number of rotatable bonds is 8. The topological polar surface area (TPSA) is 40.5 Å². The van der Waals surface area contributed by atoms with Crippen LogP contribution >= 0.6 is 0 Å². The van der Waals surface area contributed by atoms with Crippen molar-refractivity contribution in [1.29, 1.82) is 0 Å². The van der Waals surface area contributed by atoms with Crippen LogP contribution in [-0.4, -0.2) is 35.5 Å². The Balaban J connectivity index is 2.21. The van der Waals surface area contributed by atoms with Crippen molar-refractivity contribution in [2.24, 2.45) is 0 Å². The first-order valence-electron chi connectivity index (χ1n) is 8.91. The number of carbonyl (C=O) groups excluding carboxylic acids is 1. The fourth-order valence-electron chi connectivity index (χ4n) is 3.58. The SMILES string of the molecule is CC(=O)c1c(C)cc(C)c(CN(CCO)CCc2ccccc2)c1C. The standard InChI is InChI=1S/C22H29NO2/c1-16-14-17(2)22(19(4)25)18(3)21(16)15-23(12-13-24)11-10-20-8-6-5-7-9-20/h5-9,14,24H,10-13,15H2,1-4H3.